The Balaban J connectivity index is 2.10. The maximum absolute atomic E-state index is 13.0. The molecule has 1 aromatic carbocycles. The van der Waals surface area contributed by atoms with Gasteiger partial charge in [0.1, 0.15) is 5.82 Å². The number of nitrogens with two attached hydrogens (primary N) is 1. The molecule has 0 saturated heterocycles. The number of nitrogens with zero attached hydrogens (tertiary/aromatic N) is 1. The minimum atomic E-state index is -0.166. The molecule has 2 N–H and O–H groups in total. The van der Waals surface area contributed by atoms with E-state index in [-0.39, 0.29) is 5.82 Å². The van der Waals surface area contributed by atoms with Crippen molar-refractivity contribution in [1.82, 2.24) is 0 Å². The smallest absolute Gasteiger partial charge is 0.123 e. The van der Waals surface area contributed by atoms with E-state index in [0.29, 0.717) is 12.6 Å². The molecule has 1 fully saturated rings. The summed E-state index contributed by atoms with van der Waals surface area (Å²) in [7, 11) is 0. The fourth-order valence-corrected chi connectivity index (χ4v) is 2.81. The van der Waals surface area contributed by atoms with E-state index in [2.05, 4.69) is 4.90 Å². The molecular weight excluding hydrogens is 227 g/mol. The molecule has 0 spiro atoms. The summed E-state index contributed by atoms with van der Waals surface area (Å²) in [6, 6.07) is 7.48. The van der Waals surface area contributed by atoms with Gasteiger partial charge in [-0.1, -0.05) is 19.3 Å². The van der Waals surface area contributed by atoms with Gasteiger partial charge in [-0.05, 0) is 50.1 Å². The van der Waals surface area contributed by atoms with E-state index in [1.54, 1.807) is 12.1 Å². The lowest BCUT2D eigenvalue weighted by Crippen LogP contribution is -2.38. The third-order valence-electron chi connectivity index (χ3n) is 3.78. The molecule has 0 bridgehead atoms. The highest BCUT2D eigenvalue weighted by Gasteiger charge is 2.20. The molecule has 3 heteroatoms. The number of rotatable bonds is 5. The first-order valence-corrected chi connectivity index (χ1v) is 7.03. The van der Waals surface area contributed by atoms with Gasteiger partial charge in [0.2, 0.25) is 0 Å². The van der Waals surface area contributed by atoms with Gasteiger partial charge in [0.15, 0.2) is 0 Å². The Bertz CT molecular complexity index is 344. The number of hydrogen-bond acceptors (Lipinski definition) is 2. The Morgan fingerprint density at radius 3 is 2.39 bits per heavy atom. The largest absolute Gasteiger partial charge is 0.368 e. The maximum atomic E-state index is 13.0. The van der Waals surface area contributed by atoms with Gasteiger partial charge in [0, 0.05) is 18.3 Å². The average Bonchev–Trinajstić information content (AvgIpc) is 2.42. The van der Waals surface area contributed by atoms with Gasteiger partial charge in [-0.15, -0.1) is 0 Å². The lowest BCUT2D eigenvalue weighted by molar-refractivity contribution is 0.413. The Kier molecular flexibility index (Phi) is 5.00. The quantitative estimate of drug-likeness (QED) is 0.868. The van der Waals surface area contributed by atoms with Crippen molar-refractivity contribution < 1.29 is 4.39 Å². The summed E-state index contributed by atoms with van der Waals surface area (Å²) in [4.78, 5) is 2.42. The van der Waals surface area contributed by atoms with Crippen LogP contribution in [0, 0.1) is 5.82 Å². The van der Waals surface area contributed by atoms with Gasteiger partial charge in [-0.3, -0.25) is 0 Å². The van der Waals surface area contributed by atoms with Crippen LogP contribution in [0.3, 0.4) is 0 Å². The molecule has 0 aliphatic heterocycles. The summed E-state index contributed by atoms with van der Waals surface area (Å²) in [6.07, 6.45) is 7.47. The van der Waals surface area contributed by atoms with Crippen LogP contribution in [0.1, 0.15) is 38.5 Å². The minimum absolute atomic E-state index is 0.166. The minimum Gasteiger partial charge on any atom is -0.368 e. The normalized spacial score (nSPS) is 16.8. The van der Waals surface area contributed by atoms with Gasteiger partial charge in [-0.25, -0.2) is 4.39 Å². The molecule has 100 valence electrons. The van der Waals surface area contributed by atoms with Crippen molar-refractivity contribution in [3.63, 3.8) is 0 Å². The number of benzene rings is 1. The van der Waals surface area contributed by atoms with Crippen molar-refractivity contribution in [2.75, 3.05) is 18.0 Å². The van der Waals surface area contributed by atoms with Crippen molar-refractivity contribution in [2.45, 2.75) is 44.6 Å². The fraction of sp³-hybridized carbons (Fsp3) is 0.600. The topological polar surface area (TPSA) is 29.3 Å². The number of hydrogen-bond donors (Lipinski definition) is 1. The van der Waals surface area contributed by atoms with E-state index in [1.165, 1.54) is 32.1 Å². The van der Waals surface area contributed by atoms with E-state index >= 15 is 0 Å². The van der Waals surface area contributed by atoms with Crippen LogP contribution in [0.2, 0.25) is 0 Å². The summed E-state index contributed by atoms with van der Waals surface area (Å²) < 4.78 is 13.0. The molecule has 2 nitrogen and oxygen atoms in total. The van der Waals surface area contributed by atoms with Crippen molar-refractivity contribution in [3.8, 4) is 0 Å². The Labute approximate surface area is 109 Å². The van der Waals surface area contributed by atoms with E-state index in [4.69, 9.17) is 5.73 Å². The van der Waals surface area contributed by atoms with Gasteiger partial charge in [0.05, 0.1) is 0 Å². The molecule has 0 radical (unpaired) electrons. The first kappa shape index (κ1) is 13.3. The van der Waals surface area contributed by atoms with Crippen LogP contribution >= 0.6 is 0 Å². The molecule has 18 heavy (non-hydrogen) atoms. The zero-order chi connectivity index (χ0) is 12.8. The molecule has 1 aliphatic rings. The van der Waals surface area contributed by atoms with Crippen molar-refractivity contribution >= 4 is 5.69 Å². The second-order valence-corrected chi connectivity index (χ2v) is 5.10. The second kappa shape index (κ2) is 6.74. The van der Waals surface area contributed by atoms with Crippen LogP contribution in [-0.2, 0) is 0 Å². The van der Waals surface area contributed by atoms with Crippen LogP contribution in [-0.4, -0.2) is 19.1 Å². The SMILES string of the molecule is NCCCN(c1ccc(F)cc1)C1CCCCC1. The first-order valence-electron chi connectivity index (χ1n) is 7.03. The van der Waals surface area contributed by atoms with Gasteiger partial charge >= 0.3 is 0 Å². The van der Waals surface area contributed by atoms with Gasteiger partial charge in [0.25, 0.3) is 0 Å². The predicted octanol–water partition coefficient (Wildman–Crippen LogP) is 3.31. The summed E-state index contributed by atoms with van der Waals surface area (Å²) in [6.45, 7) is 1.69. The highest BCUT2D eigenvalue weighted by molar-refractivity contribution is 5.47. The molecular formula is C15H23FN2. The Hall–Kier alpha value is -1.09. The summed E-state index contributed by atoms with van der Waals surface area (Å²) in [5, 5.41) is 0. The molecule has 0 unspecified atom stereocenters. The Morgan fingerprint density at radius 1 is 1.11 bits per heavy atom. The fourth-order valence-electron chi connectivity index (χ4n) is 2.81. The lowest BCUT2D eigenvalue weighted by atomic mass is 9.93. The van der Waals surface area contributed by atoms with E-state index in [9.17, 15) is 4.39 Å². The van der Waals surface area contributed by atoms with Crippen LogP contribution in [0.15, 0.2) is 24.3 Å². The third kappa shape index (κ3) is 3.45. The van der Waals surface area contributed by atoms with Crippen LogP contribution in [0.5, 0.6) is 0 Å². The number of anilines is 1. The van der Waals surface area contributed by atoms with Gasteiger partial charge < -0.3 is 10.6 Å². The predicted molar refractivity (Wildman–Crippen MR) is 74.3 cm³/mol. The third-order valence-corrected chi connectivity index (χ3v) is 3.78. The molecule has 1 aromatic rings. The average molecular weight is 250 g/mol. The zero-order valence-electron chi connectivity index (χ0n) is 10.9. The Morgan fingerprint density at radius 2 is 1.78 bits per heavy atom. The molecule has 0 aromatic heterocycles. The van der Waals surface area contributed by atoms with Crippen LogP contribution in [0.25, 0.3) is 0 Å². The van der Waals surface area contributed by atoms with Crippen molar-refractivity contribution in [2.24, 2.45) is 5.73 Å². The molecule has 1 aliphatic carbocycles. The highest BCUT2D eigenvalue weighted by Crippen LogP contribution is 2.27. The molecule has 0 atom stereocenters. The highest BCUT2D eigenvalue weighted by atomic mass is 19.1. The van der Waals surface area contributed by atoms with Gasteiger partial charge in [-0.2, -0.15) is 0 Å². The van der Waals surface area contributed by atoms with E-state index in [0.717, 1.165) is 18.7 Å². The van der Waals surface area contributed by atoms with E-state index < -0.39 is 0 Å². The maximum Gasteiger partial charge on any atom is 0.123 e. The summed E-state index contributed by atoms with van der Waals surface area (Å²) in [5.74, 6) is -0.166. The van der Waals surface area contributed by atoms with Crippen molar-refractivity contribution in [1.29, 1.82) is 0 Å². The van der Waals surface area contributed by atoms with Crippen molar-refractivity contribution in [3.05, 3.63) is 30.1 Å². The monoisotopic (exact) mass is 250 g/mol. The molecule has 1 saturated carbocycles. The molecule has 2 rings (SSSR count). The van der Waals surface area contributed by atoms with Crippen LogP contribution in [0.4, 0.5) is 10.1 Å². The lowest BCUT2D eigenvalue weighted by Gasteiger charge is -2.36. The standard InChI is InChI=1S/C15H23FN2/c16-13-7-9-15(10-8-13)18(12-4-11-17)14-5-2-1-3-6-14/h7-10,14H,1-6,11-12,17H2. The molecule has 0 heterocycles. The molecule has 0 amide bonds. The van der Waals surface area contributed by atoms with Crippen LogP contribution < -0.4 is 10.6 Å². The van der Waals surface area contributed by atoms with E-state index in [1.807, 2.05) is 12.1 Å². The second-order valence-electron chi connectivity index (χ2n) is 5.10. The number of halogens is 1. The summed E-state index contributed by atoms with van der Waals surface area (Å²) in [5.41, 5.74) is 6.76. The zero-order valence-corrected chi connectivity index (χ0v) is 10.9. The summed E-state index contributed by atoms with van der Waals surface area (Å²) >= 11 is 0. The first-order chi connectivity index (χ1) is 8.81.